The number of carbonyl (C=O) groups excluding carboxylic acids is 1. The van der Waals surface area contributed by atoms with Gasteiger partial charge < -0.3 is 30.5 Å². The van der Waals surface area contributed by atoms with E-state index in [1.807, 2.05) is 19.9 Å². The Morgan fingerprint density at radius 3 is 2.90 bits per heavy atom. The summed E-state index contributed by atoms with van der Waals surface area (Å²) in [5.41, 5.74) is 10.0. The molecule has 4 aliphatic heterocycles. The highest BCUT2D eigenvalue weighted by Crippen LogP contribution is 2.49. The number of phenols is 1. The second kappa shape index (κ2) is 13.5. The summed E-state index contributed by atoms with van der Waals surface area (Å²) >= 11 is 1.02. The van der Waals surface area contributed by atoms with Crippen LogP contribution in [0.3, 0.4) is 0 Å². The number of anilines is 1. The largest absolute Gasteiger partial charge is 0.507 e. The van der Waals surface area contributed by atoms with Crippen LogP contribution in [0.25, 0.3) is 21.2 Å². The van der Waals surface area contributed by atoms with E-state index in [0.29, 0.717) is 76.8 Å². The number of allylic oxidation sites excluding steroid dienone is 1. The molecule has 10 nitrogen and oxygen atoms in total. The van der Waals surface area contributed by atoms with Gasteiger partial charge in [-0.2, -0.15) is 5.26 Å². The van der Waals surface area contributed by atoms with Gasteiger partial charge in [0.05, 0.1) is 29.0 Å². The number of nitrogen functional groups attached to an aromatic ring is 1. The Morgan fingerprint density at radius 2 is 2.12 bits per heavy atom. The zero-order valence-corrected chi connectivity index (χ0v) is 30.0. The molecule has 4 aliphatic rings. The molecule has 0 radical (unpaired) electrons. The van der Waals surface area contributed by atoms with Gasteiger partial charge in [-0.05, 0) is 86.7 Å². The minimum atomic E-state index is -0.610. The van der Waals surface area contributed by atoms with Crippen LogP contribution in [0.4, 0.5) is 9.39 Å². The number of nitrogens with two attached hydrogens (primary N) is 1. The molecule has 4 N–H and O–H groups in total. The number of benzene rings is 2. The lowest BCUT2D eigenvalue weighted by Gasteiger charge is -2.32. The third-order valence-electron chi connectivity index (χ3n) is 10.9. The Morgan fingerprint density at radius 1 is 1.32 bits per heavy atom. The third kappa shape index (κ3) is 5.79. The zero-order chi connectivity index (χ0) is 35.3. The van der Waals surface area contributed by atoms with Crippen molar-refractivity contribution in [1.29, 1.82) is 5.26 Å². The lowest BCUT2D eigenvalue weighted by Crippen LogP contribution is -2.44. The fraction of sp³-hybridized carbons (Fsp3) is 0.500. The predicted octanol–water partition coefficient (Wildman–Crippen LogP) is 6.30. The van der Waals surface area contributed by atoms with E-state index in [4.69, 9.17) is 20.2 Å². The molecular formula is C38H45FN6O4S. The van der Waals surface area contributed by atoms with Gasteiger partial charge in [-0.25, -0.2) is 4.39 Å². The van der Waals surface area contributed by atoms with Crippen LogP contribution in [-0.4, -0.2) is 71.5 Å². The fourth-order valence-corrected chi connectivity index (χ4v) is 9.55. The van der Waals surface area contributed by atoms with Crippen molar-refractivity contribution in [2.75, 3.05) is 39.0 Å². The smallest absolute Gasteiger partial charge is 0.247 e. The number of ether oxygens (including phenoxy) is 2. The van der Waals surface area contributed by atoms with Gasteiger partial charge in [-0.15, -0.1) is 11.3 Å². The molecule has 7 rings (SSSR count). The van der Waals surface area contributed by atoms with E-state index in [9.17, 15) is 15.2 Å². The first-order chi connectivity index (χ1) is 24.1. The molecule has 3 fully saturated rings. The normalized spacial score (nSPS) is 24.2. The Labute approximate surface area is 296 Å². The Balaban J connectivity index is 1.35. The van der Waals surface area contributed by atoms with Crippen molar-refractivity contribution in [2.45, 2.75) is 84.1 Å². The fourth-order valence-electron chi connectivity index (χ4n) is 8.60. The van der Waals surface area contributed by atoms with Crippen LogP contribution >= 0.6 is 11.3 Å². The molecule has 264 valence electrons. The highest BCUT2D eigenvalue weighted by atomic mass is 32.1. The van der Waals surface area contributed by atoms with Gasteiger partial charge in [0.25, 0.3) is 0 Å². The number of likely N-dealkylation sites (N-methyl/N-ethyl adjacent to an activating group) is 1. The highest BCUT2D eigenvalue weighted by molar-refractivity contribution is 7.23. The molecule has 3 aromatic rings. The molecule has 0 saturated carbocycles. The Hall–Kier alpha value is -4.18. The predicted molar refractivity (Wildman–Crippen MR) is 193 cm³/mol. The highest BCUT2D eigenvalue weighted by Gasteiger charge is 2.47. The number of rotatable bonds is 8. The molecule has 3 atom stereocenters. The maximum atomic E-state index is 15.0. The number of amides is 1. The zero-order valence-electron chi connectivity index (χ0n) is 29.2. The van der Waals surface area contributed by atoms with Crippen LogP contribution in [0, 0.1) is 30.0 Å². The number of thiophene rings is 1. The van der Waals surface area contributed by atoms with Crippen molar-refractivity contribution in [3.63, 3.8) is 0 Å². The van der Waals surface area contributed by atoms with Gasteiger partial charge in [0.15, 0.2) is 5.88 Å². The van der Waals surface area contributed by atoms with Crippen molar-refractivity contribution in [3.8, 4) is 22.9 Å². The molecule has 2 aromatic carbocycles. The summed E-state index contributed by atoms with van der Waals surface area (Å²) in [6.45, 7) is 9.98. The van der Waals surface area contributed by atoms with Gasteiger partial charge in [-0.3, -0.25) is 14.7 Å². The summed E-state index contributed by atoms with van der Waals surface area (Å²) in [5, 5.41) is 26.2. The van der Waals surface area contributed by atoms with Crippen molar-refractivity contribution in [2.24, 2.45) is 10.9 Å². The van der Waals surface area contributed by atoms with E-state index >= 15 is 4.39 Å². The van der Waals surface area contributed by atoms with Crippen LogP contribution in [0.5, 0.6) is 5.75 Å². The molecule has 0 aliphatic carbocycles. The molecule has 1 amide bonds. The van der Waals surface area contributed by atoms with Crippen LogP contribution < -0.4 is 11.1 Å². The molecule has 1 aromatic heterocycles. The Kier molecular flexibility index (Phi) is 9.26. The number of phenolic OH excluding ortho intramolecular Hbond substituents is 1. The standard InChI is InChI=1S/C38H45FN6O4S/c1-5-8-29(49-20-38-12-7-14-45(38)17-21(2)15-38)43-36(42-28-9-6-13-44(4)37(28)47)30-22(3)33(46)31(26-19-48-18-25(26)30)23-10-11-27(39)34-32(23)24(16-40)35(41)50-34/h8,10-11,21,28,46H,5-7,9,12-15,17-20,41H2,1-4H3,(H,42,43)/b29-8-. The number of nitrogens with zero attached hydrogens (tertiary/aromatic N) is 4. The number of fused-ring (bicyclic) bond motifs is 3. The van der Waals surface area contributed by atoms with E-state index in [0.717, 1.165) is 55.7 Å². The molecule has 50 heavy (non-hydrogen) atoms. The quantitative estimate of drug-likeness (QED) is 0.142. The molecule has 0 spiro atoms. The summed E-state index contributed by atoms with van der Waals surface area (Å²) in [5.74, 6) is 1.03. The number of nitriles is 1. The van der Waals surface area contributed by atoms with Crippen molar-refractivity contribution in [1.82, 2.24) is 15.1 Å². The van der Waals surface area contributed by atoms with Crippen LogP contribution in [0.2, 0.25) is 0 Å². The Bertz CT molecular complexity index is 1970. The minimum absolute atomic E-state index is 0.00598. The SMILES string of the molecule is CC/C=C(/NC(=NC1CCCN(C)C1=O)c1c(C)c(O)c(-c2ccc(F)c3sc(N)c(C#N)c23)c2c1COC2)OCC12CCCN1CC(C)C2. The van der Waals surface area contributed by atoms with Crippen LogP contribution in [0.1, 0.15) is 80.2 Å². The number of aliphatic imine (C=N–C) groups is 1. The summed E-state index contributed by atoms with van der Waals surface area (Å²) in [7, 11) is 1.80. The number of amidine groups is 1. The summed E-state index contributed by atoms with van der Waals surface area (Å²) in [4.78, 5) is 22.8. The first kappa shape index (κ1) is 34.3. The number of likely N-dealkylation sites (tertiary alicyclic amines) is 1. The number of piperidine rings is 1. The summed E-state index contributed by atoms with van der Waals surface area (Å²) in [6, 6.07) is 4.46. The molecular weight excluding hydrogens is 656 g/mol. The van der Waals surface area contributed by atoms with E-state index in [-0.39, 0.29) is 45.7 Å². The van der Waals surface area contributed by atoms with Gasteiger partial charge in [0.2, 0.25) is 5.91 Å². The lowest BCUT2D eigenvalue weighted by molar-refractivity contribution is -0.133. The van der Waals surface area contributed by atoms with Gasteiger partial charge in [0.1, 0.15) is 41.1 Å². The van der Waals surface area contributed by atoms with Gasteiger partial charge in [-0.1, -0.05) is 19.9 Å². The minimum Gasteiger partial charge on any atom is -0.507 e. The van der Waals surface area contributed by atoms with Gasteiger partial charge in [0, 0.05) is 42.2 Å². The molecule has 3 saturated heterocycles. The molecule has 0 bridgehead atoms. The number of aromatic hydroxyl groups is 1. The topological polar surface area (TPSA) is 136 Å². The van der Waals surface area contributed by atoms with Crippen molar-refractivity contribution >= 4 is 38.2 Å². The van der Waals surface area contributed by atoms with Crippen molar-refractivity contribution < 1.29 is 23.8 Å². The lowest BCUT2D eigenvalue weighted by atomic mass is 9.86. The average molecular weight is 701 g/mol. The first-order valence-corrected chi connectivity index (χ1v) is 18.4. The first-order valence-electron chi connectivity index (χ1n) is 17.6. The molecule has 12 heteroatoms. The van der Waals surface area contributed by atoms with E-state index in [1.54, 1.807) is 18.0 Å². The maximum Gasteiger partial charge on any atom is 0.247 e. The number of carbonyl (C=O) groups is 1. The molecule has 3 unspecified atom stereocenters. The van der Waals surface area contributed by atoms with E-state index in [2.05, 4.69) is 23.2 Å². The maximum absolute atomic E-state index is 15.0. The van der Waals surface area contributed by atoms with E-state index < -0.39 is 11.9 Å². The number of hydrogen-bond donors (Lipinski definition) is 3. The number of nitrogens with one attached hydrogen (secondary N) is 1. The van der Waals surface area contributed by atoms with Crippen LogP contribution in [0.15, 0.2) is 29.1 Å². The summed E-state index contributed by atoms with van der Waals surface area (Å²) in [6.07, 6.45) is 7.48. The van der Waals surface area contributed by atoms with Gasteiger partial charge >= 0.3 is 0 Å². The monoisotopic (exact) mass is 700 g/mol. The second-order valence-corrected chi connectivity index (χ2v) is 15.3. The van der Waals surface area contributed by atoms with E-state index in [1.165, 1.54) is 6.07 Å². The van der Waals surface area contributed by atoms with Crippen LogP contribution in [-0.2, 0) is 27.5 Å². The second-order valence-electron chi connectivity index (χ2n) is 14.3. The number of halogens is 1. The molecule has 5 heterocycles. The third-order valence-corrected chi connectivity index (χ3v) is 11.9. The number of hydrogen-bond acceptors (Lipinski definition) is 9. The average Bonchev–Trinajstić information content (AvgIpc) is 3.86. The van der Waals surface area contributed by atoms with Crippen molar-refractivity contribution in [3.05, 3.63) is 57.7 Å². The summed E-state index contributed by atoms with van der Waals surface area (Å²) < 4.78 is 28.0.